The van der Waals surface area contributed by atoms with Gasteiger partial charge in [-0.2, -0.15) is 0 Å². The van der Waals surface area contributed by atoms with Gasteiger partial charge in [-0.3, -0.25) is 4.79 Å². The van der Waals surface area contributed by atoms with Crippen LogP contribution in [0.1, 0.15) is 6.42 Å². The molecule has 39 heavy (non-hydrogen) atoms. The van der Waals surface area contributed by atoms with Crippen LogP contribution in [-0.2, 0) is 0 Å². The highest BCUT2D eigenvalue weighted by molar-refractivity contribution is 7.99. The Balaban J connectivity index is 1.36. The Kier molecular flexibility index (Phi) is 8.02. The summed E-state index contributed by atoms with van der Waals surface area (Å²) < 4.78 is 34.4. The maximum Gasteiger partial charge on any atom is 0.276 e. The first-order valence-corrected chi connectivity index (χ1v) is 13.1. The van der Waals surface area contributed by atoms with Crippen molar-refractivity contribution < 1.29 is 27.8 Å². The van der Waals surface area contributed by atoms with Crippen LogP contribution in [0.4, 0.5) is 0 Å². The standard InChI is InChI=1S/C29H26N2O7S/c1-33-22-16-19(17-23(34-2)26(22)35-3)25-27(24(32)20-12-7-8-13-21(20)37-25)36-14-9-15-39-29-31-30-28(38-29)18-10-5-4-6-11-18/h4-8,10-13,16-17H,9,14-15H2,1-3H3. The van der Waals surface area contributed by atoms with Gasteiger partial charge in [-0.15, -0.1) is 10.2 Å². The van der Waals surface area contributed by atoms with Crippen molar-refractivity contribution in [1.29, 1.82) is 0 Å². The molecule has 0 saturated carbocycles. The lowest BCUT2D eigenvalue weighted by Gasteiger charge is -2.16. The predicted octanol–water partition coefficient (Wildman–Crippen LogP) is 6.10. The van der Waals surface area contributed by atoms with Gasteiger partial charge in [0.25, 0.3) is 5.22 Å². The molecular formula is C29H26N2O7S. The Bertz CT molecular complexity index is 1610. The van der Waals surface area contributed by atoms with E-state index in [0.29, 0.717) is 57.1 Å². The fourth-order valence-corrected chi connectivity index (χ4v) is 4.69. The molecule has 9 nitrogen and oxygen atoms in total. The third-order valence-electron chi connectivity index (χ3n) is 5.87. The lowest BCUT2D eigenvalue weighted by Crippen LogP contribution is -2.11. The second kappa shape index (κ2) is 12.0. The van der Waals surface area contributed by atoms with Crippen LogP contribution in [0.3, 0.4) is 0 Å². The number of ether oxygens (including phenoxy) is 4. The van der Waals surface area contributed by atoms with Crippen molar-refractivity contribution in [2.45, 2.75) is 11.6 Å². The average molecular weight is 547 g/mol. The van der Waals surface area contributed by atoms with Crippen LogP contribution in [0.15, 0.2) is 85.6 Å². The van der Waals surface area contributed by atoms with Crippen molar-refractivity contribution in [3.05, 3.63) is 77.0 Å². The molecule has 0 radical (unpaired) electrons. The fourth-order valence-electron chi connectivity index (χ4n) is 4.02. The van der Waals surface area contributed by atoms with E-state index in [0.717, 1.165) is 5.56 Å². The molecule has 2 aromatic heterocycles. The summed E-state index contributed by atoms with van der Waals surface area (Å²) in [5.74, 6) is 2.79. The zero-order valence-electron chi connectivity index (χ0n) is 21.6. The van der Waals surface area contributed by atoms with E-state index < -0.39 is 0 Å². The monoisotopic (exact) mass is 546 g/mol. The van der Waals surface area contributed by atoms with Crippen LogP contribution in [0.2, 0.25) is 0 Å². The predicted molar refractivity (Wildman–Crippen MR) is 148 cm³/mol. The molecule has 0 aliphatic heterocycles. The number of fused-ring (bicyclic) bond motifs is 1. The van der Waals surface area contributed by atoms with E-state index in [4.69, 9.17) is 27.8 Å². The highest BCUT2D eigenvalue weighted by atomic mass is 32.2. The third-order valence-corrected chi connectivity index (χ3v) is 6.78. The summed E-state index contributed by atoms with van der Waals surface area (Å²) in [5, 5.41) is 9.11. The molecule has 0 spiro atoms. The molecule has 0 aliphatic rings. The molecule has 5 rings (SSSR count). The van der Waals surface area contributed by atoms with Crippen LogP contribution in [-0.4, -0.2) is 43.9 Å². The fraction of sp³-hybridized carbons (Fsp3) is 0.207. The summed E-state index contributed by atoms with van der Waals surface area (Å²) in [6, 6.07) is 20.1. The van der Waals surface area contributed by atoms with Gasteiger partial charge in [-0.25, -0.2) is 0 Å². The molecule has 0 aliphatic carbocycles. The minimum Gasteiger partial charge on any atom is -0.493 e. The molecule has 0 fully saturated rings. The van der Waals surface area contributed by atoms with Crippen LogP contribution in [0, 0.1) is 0 Å². The smallest absolute Gasteiger partial charge is 0.276 e. The Morgan fingerprint density at radius 1 is 0.795 bits per heavy atom. The summed E-state index contributed by atoms with van der Waals surface area (Å²) in [4.78, 5) is 13.5. The first kappa shape index (κ1) is 26.2. The van der Waals surface area contributed by atoms with Gasteiger partial charge in [0.05, 0.1) is 33.3 Å². The van der Waals surface area contributed by atoms with Crippen molar-refractivity contribution in [3.8, 4) is 45.8 Å². The van der Waals surface area contributed by atoms with Crippen molar-refractivity contribution in [2.24, 2.45) is 0 Å². The highest BCUT2D eigenvalue weighted by Gasteiger charge is 2.22. The number of thioether (sulfide) groups is 1. The molecule has 3 aromatic carbocycles. The SMILES string of the molecule is COc1cc(-c2oc3ccccc3c(=O)c2OCCCSc2nnc(-c3ccccc3)o2)cc(OC)c1OC. The van der Waals surface area contributed by atoms with Gasteiger partial charge in [0.15, 0.2) is 17.3 Å². The van der Waals surface area contributed by atoms with Gasteiger partial charge in [0, 0.05) is 16.9 Å². The van der Waals surface area contributed by atoms with Gasteiger partial charge in [-0.05, 0) is 42.8 Å². The molecule has 10 heteroatoms. The zero-order chi connectivity index (χ0) is 27.2. The Morgan fingerprint density at radius 2 is 1.51 bits per heavy atom. The van der Waals surface area contributed by atoms with Crippen molar-refractivity contribution in [2.75, 3.05) is 33.7 Å². The quantitative estimate of drug-likeness (QED) is 0.143. The van der Waals surface area contributed by atoms with E-state index >= 15 is 0 Å². The lowest BCUT2D eigenvalue weighted by atomic mass is 10.1. The molecule has 5 aromatic rings. The highest BCUT2D eigenvalue weighted by Crippen LogP contribution is 2.43. The van der Waals surface area contributed by atoms with Crippen molar-refractivity contribution >= 4 is 22.7 Å². The number of hydrogen-bond donors (Lipinski definition) is 0. The molecule has 0 amide bonds. The van der Waals surface area contributed by atoms with Gasteiger partial charge in [-0.1, -0.05) is 42.1 Å². The maximum absolute atomic E-state index is 13.5. The van der Waals surface area contributed by atoms with Crippen LogP contribution in [0.25, 0.3) is 33.7 Å². The summed E-state index contributed by atoms with van der Waals surface area (Å²) >= 11 is 1.42. The normalized spacial score (nSPS) is 10.9. The van der Waals surface area contributed by atoms with E-state index in [-0.39, 0.29) is 23.5 Å². The Morgan fingerprint density at radius 3 is 2.23 bits per heavy atom. The summed E-state index contributed by atoms with van der Waals surface area (Å²) in [6.45, 7) is 0.271. The number of nitrogens with zero attached hydrogens (tertiary/aromatic N) is 2. The maximum atomic E-state index is 13.5. The lowest BCUT2D eigenvalue weighted by molar-refractivity contribution is 0.309. The van der Waals surface area contributed by atoms with Gasteiger partial charge in [0.1, 0.15) is 5.58 Å². The molecule has 0 unspecified atom stereocenters. The second-order valence-corrected chi connectivity index (χ2v) is 9.34. The Hall–Kier alpha value is -4.44. The Labute approximate surface area is 228 Å². The van der Waals surface area contributed by atoms with E-state index in [1.165, 1.54) is 33.1 Å². The number of benzene rings is 3. The van der Waals surface area contributed by atoms with E-state index in [1.807, 2.05) is 36.4 Å². The molecule has 2 heterocycles. The average Bonchev–Trinajstić information content (AvgIpc) is 3.46. The van der Waals surface area contributed by atoms with Gasteiger partial charge < -0.3 is 27.8 Å². The molecule has 0 saturated heterocycles. The molecule has 0 atom stereocenters. The minimum atomic E-state index is -0.266. The molecule has 0 bridgehead atoms. The van der Waals surface area contributed by atoms with Crippen LogP contribution in [0.5, 0.6) is 23.0 Å². The summed E-state index contributed by atoms with van der Waals surface area (Å²) in [7, 11) is 4.58. The van der Waals surface area contributed by atoms with Gasteiger partial charge >= 0.3 is 0 Å². The molecule has 0 N–H and O–H groups in total. The van der Waals surface area contributed by atoms with Crippen LogP contribution < -0.4 is 24.4 Å². The molecule has 200 valence electrons. The third kappa shape index (κ3) is 5.56. The number of rotatable bonds is 11. The number of hydrogen-bond acceptors (Lipinski definition) is 10. The second-order valence-electron chi connectivity index (χ2n) is 8.29. The zero-order valence-corrected chi connectivity index (χ0v) is 22.4. The van der Waals surface area contributed by atoms with Crippen molar-refractivity contribution in [1.82, 2.24) is 10.2 Å². The number of para-hydroxylation sites is 1. The first-order chi connectivity index (χ1) is 19.1. The first-order valence-electron chi connectivity index (χ1n) is 12.1. The van der Waals surface area contributed by atoms with E-state index in [2.05, 4.69) is 10.2 Å². The molecular weight excluding hydrogens is 520 g/mol. The number of methoxy groups -OCH3 is 3. The van der Waals surface area contributed by atoms with Crippen LogP contribution >= 0.6 is 11.8 Å². The van der Waals surface area contributed by atoms with Gasteiger partial charge in [0.2, 0.25) is 22.8 Å². The van der Waals surface area contributed by atoms with E-state index in [9.17, 15) is 4.79 Å². The van der Waals surface area contributed by atoms with E-state index in [1.54, 1.807) is 30.3 Å². The number of aromatic nitrogens is 2. The summed E-state index contributed by atoms with van der Waals surface area (Å²) in [6.07, 6.45) is 0.620. The largest absolute Gasteiger partial charge is 0.493 e. The topological polar surface area (TPSA) is 106 Å². The minimum absolute atomic E-state index is 0.108. The summed E-state index contributed by atoms with van der Waals surface area (Å²) in [5.41, 5.74) is 1.59. The van der Waals surface area contributed by atoms with Crippen molar-refractivity contribution in [3.63, 3.8) is 0 Å².